The number of aliphatic hydroxyl groups excluding tert-OH is 1. The van der Waals surface area contributed by atoms with Crippen molar-refractivity contribution in [2.45, 2.75) is 13.0 Å². The van der Waals surface area contributed by atoms with Gasteiger partial charge in [-0.1, -0.05) is 41.4 Å². The van der Waals surface area contributed by atoms with Crippen molar-refractivity contribution in [3.8, 4) is 0 Å². The van der Waals surface area contributed by atoms with E-state index in [1.165, 1.54) is 0 Å². The summed E-state index contributed by atoms with van der Waals surface area (Å²) in [6, 6.07) is 8.78. The molecule has 0 aliphatic heterocycles. The Bertz CT molecular complexity index is 557. The van der Waals surface area contributed by atoms with E-state index in [2.05, 4.69) is 15.3 Å². The Morgan fingerprint density at radius 2 is 2.00 bits per heavy atom. The summed E-state index contributed by atoms with van der Waals surface area (Å²) in [5.41, 5.74) is 0.675. The molecule has 0 aliphatic rings. The first-order valence-electron chi connectivity index (χ1n) is 5.74. The maximum absolute atomic E-state index is 10.1. The number of hydrogen-bond acceptors (Lipinski definition) is 4. The Kier molecular flexibility index (Phi) is 4.58. The number of aryl methyl sites for hydroxylation is 1. The van der Waals surface area contributed by atoms with Gasteiger partial charge in [-0.2, -0.15) is 0 Å². The predicted octanol–water partition coefficient (Wildman–Crippen LogP) is 3.24. The fourth-order valence-corrected chi connectivity index (χ4v) is 2.17. The highest BCUT2D eigenvalue weighted by Gasteiger charge is 2.11. The molecule has 2 aromatic rings. The Hall–Kier alpha value is -1.36. The Morgan fingerprint density at radius 3 is 2.68 bits per heavy atom. The molecule has 0 saturated carbocycles. The van der Waals surface area contributed by atoms with Gasteiger partial charge in [-0.25, -0.2) is 9.97 Å². The van der Waals surface area contributed by atoms with Gasteiger partial charge in [-0.05, 0) is 13.0 Å². The van der Waals surface area contributed by atoms with E-state index in [1.807, 2.05) is 12.1 Å². The lowest BCUT2D eigenvalue weighted by Gasteiger charge is -2.14. The van der Waals surface area contributed by atoms with E-state index in [9.17, 15) is 5.11 Å². The molecule has 0 saturated heterocycles. The number of aliphatic hydroxyl groups is 1. The van der Waals surface area contributed by atoms with Gasteiger partial charge >= 0.3 is 0 Å². The van der Waals surface area contributed by atoms with Crippen LogP contribution >= 0.6 is 23.2 Å². The second-order valence-corrected chi connectivity index (χ2v) is 4.84. The lowest BCUT2D eigenvalue weighted by molar-refractivity contribution is 0.191. The summed E-state index contributed by atoms with van der Waals surface area (Å²) in [7, 11) is 0. The molecule has 2 N–H and O–H groups in total. The summed E-state index contributed by atoms with van der Waals surface area (Å²) in [6.07, 6.45) is -0.720. The number of nitrogens with zero attached hydrogens (tertiary/aromatic N) is 2. The van der Waals surface area contributed by atoms with Crippen LogP contribution in [0.5, 0.6) is 0 Å². The van der Waals surface area contributed by atoms with E-state index in [0.717, 1.165) is 0 Å². The molecule has 0 aliphatic carbocycles. The summed E-state index contributed by atoms with van der Waals surface area (Å²) < 4.78 is 0. The largest absolute Gasteiger partial charge is 0.387 e. The van der Waals surface area contributed by atoms with Crippen LogP contribution in [-0.4, -0.2) is 21.6 Å². The second kappa shape index (κ2) is 6.19. The molecule has 0 bridgehead atoms. The van der Waals surface area contributed by atoms with E-state index in [1.54, 1.807) is 25.1 Å². The van der Waals surface area contributed by atoms with Crippen molar-refractivity contribution in [1.29, 1.82) is 0 Å². The zero-order chi connectivity index (χ0) is 13.8. The number of benzene rings is 1. The van der Waals surface area contributed by atoms with Gasteiger partial charge in [-0.3, -0.25) is 0 Å². The SMILES string of the molecule is Cc1nc(Cl)cc(NCC(O)c2ccccc2Cl)n1. The predicted molar refractivity (Wildman–Crippen MR) is 76.7 cm³/mol. The van der Waals surface area contributed by atoms with Crippen LogP contribution in [0.1, 0.15) is 17.5 Å². The van der Waals surface area contributed by atoms with Crippen molar-refractivity contribution < 1.29 is 5.11 Å². The molecule has 1 heterocycles. The van der Waals surface area contributed by atoms with Crippen LogP contribution in [0.3, 0.4) is 0 Å². The minimum atomic E-state index is -0.720. The Labute approximate surface area is 121 Å². The van der Waals surface area contributed by atoms with Crippen LogP contribution in [-0.2, 0) is 0 Å². The first-order chi connectivity index (χ1) is 9.06. The van der Waals surface area contributed by atoms with Gasteiger partial charge < -0.3 is 10.4 Å². The van der Waals surface area contributed by atoms with Crippen LogP contribution in [0.4, 0.5) is 5.82 Å². The topological polar surface area (TPSA) is 58.0 Å². The minimum Gasteiger partial charge on any atom is -0.387 e. The molecule has 0 fully saturated rings. The fourth-order valence-electron chi connectivity index (χ4n) is 1.68. The van der Waals surface area contributed by atoms with E-state index in [-0.39, 0.29) is 6.54 Å². The van der Waals surface area contributed by atoms with Gasteiger partial charge in [-0.15, -0.1) is 0 Å². The summed E-state index contributed by atoms with van der Waals surface area (Å²) in [5.74, 6) is 1.14. The molecule has 0 radical (unpaired) electrons. The quantitative estimate of drug-likeness (QED) is 0.851. The zero-order valence-electron chi connectivity index (χ0n) is 10.3. The Balaban J connectivity index is 2.04. The van der Waals surface area contributed by atoms with Crippen molar-refractivity contribution in [3.05, 3.63) is 51.9 Å². The lowest BCUT2D eigenvalue weighted by Crippen LogP contribution is -2.13. The summed E-state index contributed by atoms with van der Waals surface area (Å²) in [4.78, 5) is 8.14. The standard InChI is InChI=1S/C13H13Cl2N3O/c1-8-17-12(15)6-13(18-8)16-7-11(19)9-4-2-3-5-10(9)14/h2-6,11,19H,7H2,1H3,(H,16,17,18). The first-order valence-corrected chi connectivity index (χ1v) is 6.49. The van der Waals surface area contributed by atoms with E-state index < -0.39 is 6.10 Å². The highest BCUT2D eigenvalue weighted by Crippen LogP contribution is 2.22. The second-order valence-electron chi connectivity index (χ2n) is 4.04. The number of anilines is 1. The van der Waals surface area contributed by atoms with Crippen molar-refractivity contribution in [2.24, 2.45) is 0 Å². The number of halogens is 2. The highest BCUT2D eigenvalue weighted by molar-refractivity contribution is 6.31. The van der Waals surface area contributed by atoms with Crippen LogP contribution < -0.4 is 5.32 Å². The number of rotatable bonds is 4. The molecular weight excluding hydrogens is 285 g/mol. The third-order valence-electron chi connectivity index (χ3n) is 2.55. The van der Waals surface area contributed by atoms with Crippen LogP contribution in [0, 0.1) is 6.92 Å². The fraction of sp³-hybridized carbons (Fsp3) is 0.231. The summed E-state index contributed by atoms with van der Waals surface area (Å²) in [5, 5.41) is 14.0. The number of aromatic nitrogens is 2. The van der Waals surface area contributed by atoms with Crippen molar-refractivity contribution in [3.63, 3.8) is 0 Å². The third kappa shape index (κ3) is 3.80. The lowest BCUT2D eigenvalue weighted by atomic mass is 10.1. The molecule has 6 heteroatoms. The maximum Gasteiger partial charge on any atom is 0.134 e. The molecule has 1 aromatic heterocycles. The van der Waals surface area contributed by atoms with Crippen LogP contribution in [0.15, 0.2) is 30.3 Å². The van der Waals surface area contributed by atoms with Crippen LogP contribution in [0.25, 0.3) is 0 Å². The summed E-state index contributed by atoms with van der Waals surface area (Å²) >= 11 is 11.8. The van der Waals surface area contributed by atoms with E-state index >= 15 is 0 Å². The Morgan fingerprint density at radius 1 is 1.26 bits per heavy atom. The molecule has 0 spiro atoms. The van der Waals surface area contributed by atoms with Gasteiger partial charge in [0.25, 0.3) is 0 Å². The molecule has 0 amide bonds. The molecule has 100 valence electrons. The molecule has 19 heavy (non-hydrogen) atoms. The number of nitrogens with one attached hydrogen (secondary N) is 1. The van der Waals surface area contributed by atoms with E-state index in [4.69, 9.17) is 23.2 Å². The third-order valence-corrected chi connectivity index (χ3v) is 3.09. The van der Waals surface area contributed by atoms with Crippen LogP contribution in [0.2, 0.25) is 10.2 Å². The molecule has 1 atom stereocenters. The van der Waals surface area contributed by atoms with Crippen molar-refractivity contribution in [1.82, 2.24) is 9.97 Å². The zero-order valence-corrected chi connectivity index (χ0v) is 11.8. The molecule has 2 rings (SSSR count). The number of hydrogen-bond donors (Lipinski definition) is 2. The molecule has 4 nitrogen and oxygen atoms in total. The average molecular weight is 298 g/mol. The van der Waals surface area contributed by atoms with E-state index in [0.29, 0.717) is 27.4 Å². The minimum absolute atomic E-state index is 0.288. The monoisotopic (exact) mass is 297 g/mol. The van der Waals surface area contributed by atoms with Gasteiger partial charge in [0.1, 0.15) is 16.8 Å². The molecule has 1 unspecified atom stereocenters. The summed E-state index contributed by atoms with van der Waals surface area (Å²) in [6.45, 7) is 2.04. The van der Waals surface area contributed by atoms with Gasteiger partial charge in [0.15, 0.2) is 0 Å². The average Bonchev–Trinajstić information content (AvgIpc) is 2.35. The normalized spacial score (nSPS) is 12.2. The van der Waals surface area contributed by atoms with Crippen molar-refractivity contribution >= 4 is 29.0 Å². The highest BCUT2D eigenvalue weighted by atomic mass is 35.5. The van der Waals surface area contributed by atoms with Gasteiger partial charge in [0.2, 0.25) is 0 Å². The van der Waals surface area contributed by atoms with Crippen molar-refractivity contribution in [2.75, 3.05) is 11.9 Å². The molecular formula is C13H13Cl2N3O. The van der Waals surface area contributed by atoms with Gasteiger partial charge in [0.05, 0.1) is 6.10 Å². The maximum atomic E-state index is 10.1. The molecule has 1 aromatic carbocycles. The first kappa shape index (κ1) is 14.1. The smallest absolute Gasteiger partial charge is 0.134 e. The van der Waals surface area contributed by atoms with Gasteiger partial charge in [0, 0.05) is 23.2 Å².